The summed E-state index contributed by atoms with van der Waals surface area (Å²) in [6.07, 6.45) is 7.81. The average molecular weight is 481 g/mol. The predicted molar refractivity (Wildman–Crippen MR) is 133 cm³/mol. The number of anilines is 1. The van der Waals surface area contributed by atoms with Crippen molar-refractivity contribution in [3.63, 3.8) is 0 Å². The maximum Gasteiger partial charge on any atom is 0.233 e. The first-order valence-electron chi connectivity index (χ1n) is 12.1. The maximum atomic E-state index is 15.7. The number of hydrogen-bond acceptors (Lipinski definition) is 8. The Morgan fingerprint density at radius 3 is 2.66 bits per heavy atom. The SMILES string of the molecule is CCC[C@]1(C)CCCC[C@H](N(C)c2cnc(-c3ccc(-c4cnnc(OC)c4)cc3O)nn2)[C@@H]1F. The molecule has 35 heavy (non-hydrogen) atoms. The highest BCUT2D eigenvalue weighted by atomic mass is 19.1. The van der Waals surface area contributed by atoms with Crippen LogP contribution in [0.2, 0.25) is 0 Å². The van der Waals surface area contributed by atoms with Crippen LogP contribution in [0.4, 0.5) is 10.2 Å². The zero-order valence-corrected chi connectivity index (χ0v) is 20.8. The van der Waals surface area contributed by atoms with Crippen molar-refractivity contribution < 1.29 is 14.2 Å². The summed E-state index contributed by atoms with van der Waals surface area (Å²) >= 11 is 0. The summed E-state index contributed by atoms with van der Waals surface area (Å²) in [5.41, 5.74) is 1.64. The van der Waals surface area contributed by atoms with Crippen molar-refractivity contribution in [1.82, 2.24) is 25.4 Å². The Morgan fingerprint density at radius 1 is 1.14 bits per heavy atom. The fraction of sp³-hybridized carbons (Fsp3) is 0.500. The number of halogens is 1. The highest BCUT2D eigenvalue weighted by molar-refractivity contribution is 5.72. The van der Waals surface area contributed by atoms with Gasteiger partial charge in [-0.25, -0.2) is 9.37 Å². The highest BCUT2D eigenvalue weighted by Gasteiger charge is 2.42. The normalized spacial score (nSPS) is 22.4. The average Bonchev–Trinajstić information content (AvgIpc) is 3.02. The van der Waals surface area contributed by atoms with Gasteiger partial charge in [0.1, 0.15) is 11.9 Å². The first-order chi connectivity index (χ1) is 16.9. The topological polar surface area (TPSA) is 97.2 Å². The lowest BCUT2D eigenvalue weighted by Gasteiger charge is -2.39. The number of hydrogen-bond donors (Lipinski definition) is 1. The second-order valence-electron chi connectivity index (χ2n) is 9.59. The number of ether oxygens (including phenoxy) is 1. The largest absolute Gasteiger partial charge is 0.507 e. The Morgan fingerprint density at radius 2 is 1.97 bits per heavy atom. The second kappa shape index (κ2) is 10.5. The molecule has 4 rings (SSSR count). The van der Waals surface area contributed by atoms with Gasteiger partial charge in [0.2, 0.25) is 5.88 Å². The zero-order valence-electron chi connectivity index (χ0n) is 20.8. The Hall–Kier alpha value is -3.36. The molecule has 2 heterocycles. The van der Waals surface area contributed by atoms with Gasteiger partial charge in [0, 0.05) is 24.1 Å². The molecule has 1 fully saturated rings. The Balaban J connectivity index is 1.54. The summed E-state index contributed by atoms with van der Waals surface area (Å²) in [5, 5.41) is 27.0. The number of aromatic hydroxyl groups is 1. The summed E-state index contributed by atoms with van der Waals surface area (Å²) in [6.45, 7) is 4.19. The summed E-state index contributed by atoms with van der Waals surface area (Å²) < 4.78 is 20.9. The van der Waals surface area contributed by atoms with E-state index in [2.05, 4.69) is 39.2 Å². The quantitative estimate of drug-likeness (QED) is 0.459. The minimum Gasteiger partial charge on any atom is -0.507 e. The van der Waals surface area contributed by atoms with Crippen LogP contribution in [0.5, 0.6) is 11.6 Å². The van der Waals surface area contributed by atoms with E-state index in [9.17, 15) is 5.11 Å². The molecule has 186 valence electrons. The molecular formula is C26H33FN6O2. The smallest absolute Gasteiger partial charge is 0.233 e. The minimum atomic E-state index is -0.950. The molecule has 0 amide bonds. The molecule has 1 aromatic carbocycles. The Labute approximate surface area is 205 Å². The lowest BCUT2D eigenvalue weighted by atomic mass is 9.76. The Bertz CT molecular complexity index is 1140. The second-order valence-corrected chi connectivity index (χ2v) is 9.59. The molecule has 1 aliphatic rings. The van der Waals surface area contributed by atoms with Gasteiger partial charge in [0.05, 0.1) is 31.1 Å². The van der Waals surface area contributed by atoms with Gasteiger partial charge in [-0.3, -0.25) is 0 Å². The van der Waals surface area contributed by atoms with E-state index in [0.29, 0.717) is 23.1 Å². The molecule has 1 N–H and O–H groups in total. The van der Waals surface area contributed by atoms with Gasteiger partial charge in [-0.2, -0.15) is 5.10 Å². The molecule has 2 aromatic heterocycles. The van der Waals surface area contributed by atoms with E-state index in [0.717, 1.165) is 49.7 Å². The number of methoxy groups -OCH3 is 1. The summed E-state index contributed by atoms with van der Waals surface area (Å²) in [6, 6.07) is 6.65. The summed E-state index contributed by atoms with van der Waals surface area (Å²) in [4.78, 5) is 6.31. The van der Waals surface area contributed by atoms with E-state index in [-0.39, 0.29) is 17.2 Å². The zero-order chi connectivity index (χ0) is 25.0. The number of alkyl halides is 1. The van der Waals surface area contributed by atoms with E-state index in [1.165, 1.54) is 7.11 Å². The van der Waals surface area contributed by atoms with Crippen molar-refractivity contribution in [3.8, 4) is 34.1 Å². The van der Waals surface area contributed by atoms with Crippen LogP contribution in [0, 0.1) is 5.41 Å². The van der Waals surface area contributed by atoms with Crippen molar-refractivity contribution in [2.45, 2.75) is 64.6 Å². The van der Waals surface area contributed by atoms with Gasteiger partial charge < -0.3 is 14.7 Å². The van der Waals surface area contributed by atoms with Crippen molar-refractivity contribution in [2.24, 2.45) is 5.41 Å². The first kappa shape index (κ1) is 24.8. The monoisotopic (exact) mass is 480 g/mol. The van der Waals surface area contributed by atoms with Crippen molar-refractivity contribution in [2.75, 3.05) is 19.1 Å². The van der Waals surface area contributed by atoms with Gasteiger partial charge in [-0.15, -0.1) is 15.3 Å². The lowest BCUT2D eigenvalue weighted by molar-refractivity contribution is 0.0868. The van der Waals surface area contributed by atoms with Gasteiger partial charge in [-0.1, -0.05) is 39.2 Å². The molecule has 9 heteroatoms. The van der Waals surface area contributed by atoms with Gasteiger partial charge in [0.25, 0.3) is 0 Å². The molecule has 0 unspecified atom stereocenters. The van der Waals surface area contributed by atoms with Crippen LogP contribution < -0.4 is 9.64 Å². The fourth-order valence-electron chi connectivity index (χ4n) is 5.08. The number of benzene rings is 1. The minimum absolute atomic E-state index is 0.0177. The fourth-order valence-corrected chi connectivity index (χ4v) is 5.08. The number of nitrogens with zero attached hydrogens (tertiary/aromatic N) is 6. The molecule has 0 aliphatic heterocycles. The number of phenolic OH excluding ortho intramolecular Hbond substituents is 1. The highest BCUT2D eigenvalue weighted by Crippen LogP contribution is 2.42. The van der Waals surface area contributed by atoms with E-state index in [1.54, 1.807) is 30.6 Å². The molecule has 0 saturated heterocycles. The number of rotatable bonds is 7. The van der Waals surface area contributed by atoms with Crippen LogP contribution in [0.3, 0.4) is 0 Å². The van der Waals surface area contributed by atoms with E-state index < -0.39 is 6.17 Å². The molecular weight excluding hydrogens is 447 g/mol. The Kier molecular flexibility index (Phi) is 7.42. The first-order valence-corrected chi connectivity index (χ1v) is 12.1. The molecule has 3 atom stereocenters. The number of aromatic nitrogens is 5. The molecule has 1 aliphatic carbocycles. The van der Waals surface area contributed by atoms with Crippen LogP contribution in [0.15, 0.2) is 36.7 Å². The molecule has 1 saturated carbocycles. The molecule has 3 aromatic rings. The predicted octanol–water partition coefficient (Wildman–Crippen LogP) is 5.23. The third-order valence-corrected chi connectivity index (χ3v) is 7.14. The van der Waals surface area contributed by atoms with Gasteiger partial charge >= 0.3 is 0 Å². The van der Waals surface area contributed by atoms with Crippen LogP contribution in [0.25, 0.3) is 22.5 Å². The van der Waals surface area contributed by atoms with Crippen LogP contribution in [-0.2, 0) is 0 Å². The number of phenols is 1. The summed E-state index contributed by atoms with van der Waals surface area (Å²) in [5.74, 6) is 1.22. The molecule has 0 spiro atoms. The van der Waals surface area contributed by atoms with Crippen molar-refractivity contribution >= 4 is 5.82 Å². The van der Waals surface area contributed by atoms with Crippen LogP contribution >= 0.6 is 0 Å². The van der Waals surface area contributed by atoms with Crippen molar-refractivity contribution in [3.05, 3.63) is 36.7 Å². The third kappa shape index (κ3) is 5.18. The molecule has 8 nitrogen and oxygen atoms in total. The van der Waals surface area contributed by atoms with E-state index in [4.69, 9.17) is 4.74 Å². The van der Waals surface area contributed by atoms with Gasteiger partial charge in [0.15, 0.2) is 11.6 Å². The van der Waals surface area contributed by atoms with E-state index in [1.807, 2.05) is 18.0 Å². The third-order valence-electron chi connectivity index (χ3n) is 7.14. The van der Waals surface area contributed by atoms with Crippen LogP contribution in [-0.4, -0.2) is 56.9 Å². The molecule has 0 radical (unpaired) electrons. The molecule has 0 bridgehead atoms. The lowest BCUT2D eigenvalue weighted by Crippen LogP contribution is -2.46. The van der Waals surface area contributed by atoms with Gasteiger partial charge in [-0.05, 0) is 37.0 Å². The van der Waals surface area contributed by atoms with E-state index >= 15 is 4.39 Å². The summed E-state index contributed by atoms with van der Waals surface area (Å²) in [7, 11) is 3.39. The van der Waals surface area contributed by atoms with Crippen LogP contribution in [0.1, 0.15) is 52.4 Å². The maximum absolute atomic E-state index is 15.7. The van der Waals surface area contributed by atoms with Crippen molar-refractivity contribution in [1.29, 1.82) is 0 Å². The standard InChI is InChI=1S/C26H33FN6O2/c1-5-11-26(2)12-7-6-8-20(24(26)27)33(3)22-16-28-25(32-30-22)19-10-9-17(13-21(19)34)18-14-23(35-4)31-29-15-18/h9-10,13-16,20,24,34H,5-8,11-12H2,1-4H3/t20-,24-,26+/m0/s1.